The van der Waals surface area contributed by atoms with Crippen molar-refractivity contribution in [2.24, 2.45) is 0 Å². The zero-order valence-electron chi connectivity index (χ0n) is 12.4. The van der Waals surface area contributed by atoms with Crippen LogP contribution in [0.4, 0.5) is 5.69 Å². The number of nitrogens with two attached hydrogens (primary N) is 1. The van der Waals surface area contributed by atoms with E-state index in [1.54, 1.807) is 7.05 Å². The molecule has 3 rings (SSSR count). The predicted molar refractivity (Wildman–Crippen MR) is 84.0 cm³/mol. The van der Waals surface area contributed by atoms with Crippen molar-refractivity contribution in [2.45, 2.75) is 44.6 Å². The molecule has 0 aliphatic heterocycles. The monoisotopic (exact) mass is 286 g/mol. The molecule has 1 aromatic heterocycles. The Kier molecular flexibility index (Phi) is 3.82. The van der Waals surface area contributed by atoms with Gasteiger partial charge in [-0.05, 0) is 25.0 Å². The van der Waals surface area contributed by atoms with Crippen molar-refractivity contribution in [3.05, 3.63) is 24.0 Å². The van der Waals surface area contributed by atoms with Gasteiger partial charge in [0.15, 0.2) is 0 Å². The van der Waals surface area contributed by atoms with Crippen LogP contribution in [0.25, 0.3) is 11.0 Å². The maximum absolute atomic E-state index is 11.9. The molecule has 1 aliphatic carbocycles. The molecule has 0 spiro atoms. The average molecular weight is 286 g/mol. The van der Waals surface area contributed by atoms with Crippen LogP contribution in [0, 0.1) is 0 Å². The summed E-state index contributed by atoms with van der Waals surface area (Å²) in [5, 5.41) is 2.69. The molecule has 0 saturated heterocycles. The molecule has 2 aromatic rings. The van der Waals surface area contributed by atoms with Crippen molar-refractivity contribution < 1.29 is 4.79 Å². The number of hydrogen-bond acceptors (Lipinski definition) is 3. The van der Waals surface area contributed by atoms with Gasteiger partial charge in [-0.1, -0.05) is 25.3 Å². The lowest BCUT2D eigenvalue weighted by atomic mass is 9.88. The molecule has 21 heavy (non-hydrogen) atoms. The lowest BCUT2D eigenvalue weighted by Gasteiger charge is -2.22. The molecule has 1 heterocycles. The highest BCUT2D eigenvalue weighted by atomic mass is 16.1. The second-order valence-electron chi connectivity index (χ2n) is 5.78. The number of imidazole rings is 1. The summed E-state index contributed by atoms with van der Waals surface area (Å²) in [6.07, 6.45) is 6.08. The Bertz CT molecular complexity index is 656. The van der Waals surface area contributed by atoms with Gasteiger partial charge in [0.2, 0.25) is 5.91 Å². The SMILES string of the molecule is CNC(=O)Cn1c(C2CCCCC2)nc2c(N)cccc21. The van der Waals surface area contributed by atoms with Gasteiger partial charge in [0, 0.05) is 13.0 Å². The van der Waals surface area contributed by atoms with Crippen LogP contribution in [0.1, 0.15) is 43.8 Å². The van der Waals surface area contributed by atoms with E-state index in [-0.39, 0.29) is 5.91 Å². The van der Waals surface area contributed by atoms with Gasteiger partial charge in [-0.15, -0.1) is 0 Å². The molecule has 112 valence electrons. The quantitative estimate of drug-likeness (QED) is 0.851. The van der Waals surface area contributed by atoms with Crippen LogP contribution in [0.15, 0.2) is 18.2 Å². The molecule has 1 fully saturated rings. The van der Waals surface area contributed by atoms with E-state index in [2.05, 4.69) is 5.32 Å². The van der Waals surface area contributed by atoms with Crippen LogP contribution < -0.4 is 11.1 Å². The lowest BCUT2D eigenvalue weighted by molar-refractivity contribution is -0.121. The number of benzene rings is 1. The number of anilines is 1. The molecule has 1 aromatic carbocycles. The molecule has 0 radical (unpaired) electrons. The fourth-order valence-electron chi connectivity index (χ4n) is 3.25. The Morgan fingerprint density at radius 3 is 2.86 bits per heavy atom. The molecule has 3 N–H and O–H groups in total. The van der Waals surface area contributed by atoms with Crippen molar-refractivity contribution in [3.8, 4) is 0 Å². The topological polar surface area (TPSA) is 72.9 Å². The maximum atomic E-state index is 11.9. The highest BCUT2D eigenvalue weighted by molar-refractivity contribution is 5.89. The van der Waals surface area contributed by atoms with Gasteiger partial charge in [-0.2, -0.15) is 0 Å². The van der Waals surface area contributed by atoms with Crippen LogP contribution in [0.2, 0.25) is 0 Å². The zero-order chi connectivity index (χ0) is 14.8. The largest absolute Gasteiger partial charge is 0.397 e. The summed E-state index contributed by atoms with van der Waals surface area (Å²) in [6, 6.07) is 5.78. The number of para-hydroxylation sites is 1. The number of rotatable bonds is 3. The number of hydrogen-bond donors (Lipinski definition) is 2. The number of likely N-dealkylation sites (N-methyl/N-ethyl adjacent to an activating group) is 1. The van der Waals surface area contributed by atoms with Crippen molar-refractivity contribution in [1.82, 2.24) is 14.9 Å². The fourth-order valence-corrected chi connectivity index (χ4v) is 3.25. The van der Waals surface area contributed by atoms with Gasteiger partial charge >= 0.3 is 0 Å². The summed E-state index contributed by atoms with van der Waals surface area (Å²) in [5.41, 5.74) is 8.51. The first-order valence-corrected chi connectivity index (χ1v) is 7.66. The number of carbonyl (C=O) groups is 1. The fraction of sp³-hybridized carbons (Fsp3) is 0.500. The van der Waals surface area contributed by atoms with Crippen LogP contribution >= 0.6 is 0 Å². The van der Waals surface area contributed by atoms with Gasteiger partial charge in [-0.25, -0.2) is 4.98 Å². The van der Waals surface area contributed by atoms with E-state index >= 15 is 0 Å². The van der Waals surface area contributed by atoms with Gasteiger partial charge in [0.1, 0.15) is 17.9 Å². The summed E-state index contributed by atoms with van der Waals surface area (Å²) >= 11 is 0. The summed E-state index contributed by atoms with van der Waals surface area (Å²) < 4.78 is 2.04. The number of carbonyl (C=O) groups excluding carboxylic acids is 1. The second kappa shape index (κ2) is 5.76. The number of fused-ring (bicyclic) bond motifs is 1. The third-order valence-electron chi connectivity index (χ3n) is 4.39. The van der Waals surface area contributed by atoms with Crippen LogP contribution in [0.3, 0.4) is 0 Å². The lowest BCUT2D eigenvalue weighted by Crippen LogP contribution is -2.25. The normalized spacial score (nSPS) is 16.2. The van der Waals surface area contributed by atoms with E-state index in [0.717, 1.165) is 29.7 Å². The molecule has 1 aliphatic rings. The van der Waals surface area contributed by atoms with Crippen molar-refractivity contribution in [1.29, 1.82) is 0 Å². The maximum Gasteiger partial charge on any atom is 0.239 e. The molecule has 0 atom stereocenters. The Morgan fingerprint density at radius 2 is 2.14 bits per heavy atom. The summed E-state index contributed by atoms with van der Waals surface area (Å²) in [4.78, 5) is 16.6. The highest BCUT2D eigenvalue weighted by Gasteiger charge is 2.23. The minimum Gasteiger partial charge on any atom is -0.397 e. The first-order valence-electron chi connectivity index (χ1n) is 7.66. The number of nitrogens with zero attached hydrogens (tertiary/aromatic N) is 2. The van der Waals surface area contributed by atoms with E-state index in [4.69, 9.17) is 10.7 Å². The van der Waals surface area contributed by atoms with E-state index < -0.39 is 0 Å². The molecule has 5 nitrogen and oxygen atoms in total. The Hall–Kier alpha value is -2.04. The van der Waals surface area contributed by atoms with Crippen LogP contribution in [-0.2, 0) is 11.3 Å². The molecular formula is C16H22N4O. The molecule has 0 bridgehead atoms. The number of aromatic nitrogens is 2. The molecule has 5 heteroatoms. The van der Waals surface area contributed by atoms with Gasteiger partial charge < -0.3 is 15.6 Å². The second-order valence-corrected chi connectivity index (χ2v) is 5.78. The molecule has 1 amide bonds. The van der Waals surface area contributed by atoms with E-state index in [0.29, 0.717) is 18.2 Å². The third-order valence-corrected chi connectivity index (χ3v) is 4.39. The molecule has 0 unspecified atom stereocenters. The summed E-state index contributed by atoms with van der Waals surface area (Å²) in [5.74, 6) is 1.45. The van der Waals surface area contributed by atoms with E-state index in [1.165, 1.54) is 19.3 Å². The van der Waals surface area contributed by atoms with E-state index in [9.17, 15) is 4.79 Å². The minimum atomic E-state index is -0.00576. The predicted octanol–water partition coefficient (Wildman–Crippen LogP) is 2.41. The number of nitrogens with one attached hydrogen (secondary N) is 1. The van der Waals surface area contributed by atoms with Gasteiger partial charge in [-0.3, -0.25) is 4.79 Å². The Balaban J connectivity index is 2.09. The summed E-state index contributed by atoms with van der Waals surface area (Å²) in [6.45, 7) is 0.308. The summed E-state index contributed by atoms with van der Waals surface area (Å²) in [7, 11) is 1.66. The minimum absolute atomic E-state index is 0.00576. The number of amides is 1. The third kappa shape index (κ3) is 2.60. The highest BCUT2D eigenvalue weighted by Crippen LogP contribution is 2.34. The van der Waals surface area contributed by atoms with Crippen LogP contribution in [-0.4, -0.2) is 22.5 Å². The van der Waals surface area contributed by atoms with Crippen molar-refractivity contribution >= 4 is 22.6 Å². The van der Waals surface area contributed by atoms with Crippen molar-refractivity contribution in [3.63, 3.8) is 0 Å². The van der Waals surface area contributed by atoms with Gasteiger partial charge in [0.25, 0.3) is 0 Å². The smallest absolute Gasteiger partial charge is 0.239 e. The average Bonchev–Trinajstić information content (AvgIpc) is 2.88. The standard InChI is InChI=1S/C16H22N4O/c1-18-14(21)10-20-13-9-5-8-12(17)15(13)19-16(20)11-6-3-2-4-7-11/h5,8-9,11H,2-4,6-7,10,17H2,1H3,(H,18,21). The van der Waals surface area contributed by atoms with Gasteiger partial charge in [0.05, 0.1) is 11.2 Å². The Labute approximate surface area is 124 Å². The molecule has 1 saturated carbocycles. The molecular weight excluding hydrogens is 264 g/mol. The number of nitrogen functional groups attached to an aromatic ring is 1. The van der Waals surface area contributed by atoms with Crippen LogP contribution in [0.5, 0.6) is 0 Å². The van der Waals surface area contributed by atoms with Crippen molar-refractivity contribution in [2.75, 3.05) is 12.8 Å². The van der Waals surface area contributed by atoms with E-state index in [1.807, 2.05) is 22.8 Å². The Morgan fingerprint density at radius 1 is 1.38 bits per heavy atom. The zero-order valence-corrected chi connectivity index (χ0v) is 12.4. The first-order chi connectivity index (χ1) is 10.2. The first kappa shape index (κ1) is 13.9.